The van der Waals surface area contributed by atoms with Crippen molar-refractivity contribution in [2.45, 2.75) is 57.6 Å². The van der Waals surface area contributed by atoms with Crippen LogP contribution in [0.25, 0.3) is 0 Å². The first-order chi connectivity index (χ1) is 9.74. The summed E-state index contributed by atoms with van der Waals surface area (Å²) in [6.45, 7) is 2.81. The van der Waals surface area contributed by atoms with Crippen molar-refractivity contribution < 1.29 is 13.9 Å². The lowest BCUT2D eigenvalue weighted by Gasteiger charge is -2.61. The summed E-state index contributed by atoms with van der Waals surface area (Å²) in [7, 11) is 0. The summed E-state index contributed by atoms with van der Waals surface area (Å²) in [5, 5.41) is 3.20. The summed E-state index contributed by atoms with van der Waals surface area (Å²) < 4.78 is 11.1. The van der Waals surface area contributed by atoms with Gasteiger partial charge in [-0.15, -0.1) is 0 Å². The molecule has 1 N–H and O–H groups in total. The monoisotopic (exact) mass is 277 g/mol. The van der Waals surface area contributed by atoms with Gasteiger partial charge in [-0.2, -0.15) is 0 Å². The molecule has 0 aromatic carbocycles. The van der Waals surface area contributed by atoms with Crippen molar-refractivity contribution in [2.24, 2.45) is 5.41 Å². The Hall–Kier alpha value is -1.29. The second-order valence-electron chi connectivity index (χ2n) is 5.97. The van der Waals surface area contributed by atoms with Crippen molar-refractivity contribution >= 4 is 5.91 Å². The van der Waals surface area contributed by atoms with Crippen LogP contribution >= 0.6 is 0 Å². The molecule has 2 atom stereocenters. The number of hydrogen-bond acceptors (Lipinski definition) is 3. The van der Waals surface area contributed by atoms with E-state index in [0.717, 1.165) is 18.8 Å². The van der Waals surface area contributed by atoms with E-state index >= 15 is 0 Å². The predicted octanol–water partition coefficient (Wildman–Crippen LogP) is 2.68. The number of hydrogen-bond donors (Lipinski definition) is 1. The van der Waals surface area contributed by atoms with E-state index in [9.17, 15) is 4.79 Å². The predicted molar refractivity (Wildman–Crippen MR) is 75.3 cm³/mol. The van der Waals surface area contributed by atoms with E-state index < -0.39 is 0 Å². The molecule has 1 aromatic rings. The highest BCUT2D eigenvalue weighted by Crippen LogP contribution is 2.57. The summed E-state index contributed by atoms with van der Waals surface area (Å²) in [6.07, 6.45) is 7.81. The Kier molecular flexibility index (Phi) is 3.83. The molecule has 4 nitrogen and oxygen atoms in total. The lowest BCUT2D eigenvalue weighted by molar-refractivity contribution is -0.175. The van der Waals surface area contributed by atoms with Gasteiger partial charge in [-0.1, -0.05) is 6.42 Å². The van der Waals surface area contributed by atoms with E-state index in [1.165, 1.54) is 19.3 Å². The van der Waals surface area contributed by atoms with E-state index in [1.807, 2.05) is 19.1 Å². The van der Waals surface area contributed by atoms with Gasteiger partial charge in [0.25, 0.3) is 0 Å². The number of nitrogens with one attached hydrogen (secondary N) is 1. The molecule has 3 rings (SSSR count). The van der Waals surface area contributed by atoms with Gasteiger partial charge in [0.05, 0.1) is 12.4 Å². The van der Waals surface area contributed by atoms with E-state index in [0.29, 0.717) is 25.0 Å². The average molecular weight is 277 g/mol. The molecule has 0 saturated heterocycles. The van der Waals surface area contributed by atoms with Crippen molar-refractivity contribution in [2.75, 3.05) is 6.61 Å². The van der Waals surface area contributed by atoms with Gasteiger partial charge >= 0.3 is 0 Å². The number of ether oxygens (including phenoxy) is 1. The molecule has 2 fully saturated rings. The highest BCUT2D eigenvalue weighted by molar-refractivity contribution is 5.76. The topological polar surface area (TPSA) is 51.5 Å². The van der Waals surface area contributed by atoms with Gasteiger partial charge in [0.15, 0.2) is 0 Å². The Morgan fingerprint density at radius 2 is 2.40 bits per heavy atom. The third-order valence-electron chi connectivity index (χ3n) is 4.95. The van der Waals surface area contributed by atoms with E-state index in [2.05, 4.69) is 5.32 Å². The van der Waals surface area contributed by atoms with Gasteiger partial charge in [-0.25, -0.2) is 0 Å². The van der Waals surface area contributed by atoms with Gasteiger partial charge in [-0.05, 0) is 38.3 Å². The van der Waals surface area contributed by atoms with Crippen LogP contribution in [0.5, 0.6) is 0 Å². The van der Waals surface area contributed by atoms with Crippen LogP contribution in [-0.2, 0) is 16.0 Å². The number of amides is 1. The molecule has 110 valence electrons. The summed E-state index contributed by atoms with van der Waals surface area (Å²) >= 11 is 0. The van der Waals surface area contributed by atoms with Crippen LogP contribution in [-0.4, -0.2) is 24.7 Å². The normalized spacial score (nSPS) is 26.9. The van der Waals surface area contributed by atoms with Crippen molar-refractivity contribution in [3.8, 4) is 0 Å². The smallest absolute Gasteiger partial charge is 0.220 e. The molecule has 4 heteroatoms. The van der Waals surface area contributed by atoms with Crippen LogP contribution in [0.1, 0.15) is 44.8 Å². The number of furan rings is 1. The SMILES string of the molecule is CCOC1CC(NC(=O)CCc2ccco2)C12CCC2. The number of rotatable bonds is 6. The minimum Gasteiger partial charge on any atom is -0.469 e. The first-order valence-electron chi connectivity index (χ1n) is 7.68. The quantitative estimate of drug-likeness (QED) is 0.869. The van der Waals surface area contributed by atoms with Gasteiger partial charge < -0.3 is 14.5 Å². The zero-order valence-electron chi connectivity index (χ0n) is 12.1. The van der Waals surface area contributed by atoms with Crippen LogP contribution in [0.4, 0.5) is 0 Å². The van der Waals surface area contributed by atoms with E-state index in [4.69, 9.17) is 9.15 Å². The molecule has 1 heterocycles. The summed E-state index contributed by atoms with van der Waals surface area (Å²) in [5.41, 5.74) is 0.246. The molecule has 2 saturated carbocycles. The lowest BCUT2D eigenvalue weighted by Crippen LogP contribution is -2.67. The van der Waals surface area contributed by atoms with Crippen LogP contribution in [0, 0.1) is 5.41 Å². The maximum Gasteiger partial charge on any atom is 0.220 e. The van der Waals surface area contributed by atoms with E-state index in [-0.39, 0.29) is 11.3 Å². The Morgan fingerprint density at radius 1 is 1.55 bits per heavy atom. The maximum atomic E-state index is 12.0. The van der Waals surface area contributed by atoms with Crippen molar-refractivity contribution in [3.05, 3.63) is 24.2 Å². The minimum absolute atomic E-state index is 0.132. The lowest BCUT2D eigenvalue weighted by atomic mass is 9.51. The molecule has 0 radical (unpaired) electrons. The molecule has 0 aliphatic heterocycles. The standard InChI is InChI=1S/C16H23NO3/c1-2-19-14-11-13(16(14)8-4-9-16)17-15(18)7-6-12-5-3-10-20-12/h3,5,10,13-14H,2,4,6-9,11H2,1H3,(H,17,18). The van der Waals surface area contributed by atoms with Crippen LogP contribution < -0.4 is 5.32 Å². The van der Waals surface area contributed by atoms with Crippen molar-refractivity contribution in [3.63, 3.8) is 0 Å². The number of carbonyl (C=O) groups is 1. The van der Waals surface area contributed by atoms with Gasteiger partial charge in [-0.3, -0.25) is 4.79 Å². The Morgan fingerprint density at radius 3 is 3.00 bits per heavy atom. The highest BCUT2D eigenvalue weighted by Gasteiger charge is 2.59. The van der Waals surface area contributed by atoms with Gasteiger partial charge in [0.1, 0.15) is 5.76 Å². The second-order valence-corrected chi connectivity index (χ2v) is 5.97. The molecule has 2 aliphatic carbocycles. The van der Waals surface area contributed by atoms with Crippen LogP contribution in [0.15, 0.2) is 22.8 Å². The fraction of sp³-hybridized carbons (Fsp3) is 0.688. The molecular formula is C16H23NO3. The summed E-state index contributed by atoms with van der Waals surface area (Å²) in [5.74, 6) is 1.01. The molecule has 0 bridgehead atoms. The molecule has 2 unspecified atom stereocenters. The van der Waals surface area contributed by atoms with E-state index in [1.54, 1.807) is 6.26 Å². The Bertz CT molecular complexity index is 450. The largest absolute Gasteiger partial charge is 0.469 e. The van der Waals surface area contributed by atoms with Gasteiger partial charge in [0.2, 0.25) is 5.91 Å². The highest BCUT2D eigenvalue weighted by atomic mass is 16.5. The summed E-state index contributed by atoms with van der Waals surface area (Å²) in [4.78, 5) is 12.0. The second kappa shape index (κ2) is 5.60. The first-order valence-corrected chi connectivity index (χ1v) is 7.68. The third kappa shape index (κ3) is 2.37. The van der Waals surface area contributed by atoms with Crippen molar-refractivity contribution in [1.29, 1.82) is 0 Å². The summed E-state index contributed by atoms with van der Waals surface area (Å²) in [6, 6.07) is 4.08. The Balaban J connectivity index is 1.47. The van der Waals surface area contributed by atoms with Crippen molar-refractivity contribution in [1.82, 2.24) is 5.32 Å². The molecule has 2 aliphatic rings. The zero-order chi connectivity index (χ0) is 14.0. The molecule has 1 spiro atoms. The fourth-order valence-electron chi connectivity index (χ4n) is 3.60. The minimum atomic E-state index is 0.132. The molecule has 1 amide bonds. The number of aryl methyl sites for hydroxylation is 1. The van der Waals surface area contributed by atoms with Crippen LogP contribution in [0.2, 0.25) is 0 Å². The first kappa shape index (κ1) is 13.7. The van der Waals surface area contributed by atoms with Gasteiger partial charge in [0, 0.05) is 30.9 Å². The third-order valence-corrected chi connectivity index (χ3v) is 4.95. The molecule has 20 heavy (non-hydrogen) atoms. The molecular weight excluding hydrogens is 254 g/mol. The van der Waals surface area contributed by atoms with Crippen LogP contribution in [0.3, 0.4) is 0 Å². The number of carbonyl (C=O) groups excluding carboxylic acids is 1. The Labute approximate surface area is 119 Å². The average Bonchev–Trinajstić information content (AvgIpc) is 2.86. The fourth-order valence-corrected chi connectivity index (χ4v) is 3.60. The zero-order valence-corrected chi connectivity index (χ0v) is 12.1. The molecule has 1 aromatic heterocycles. The maximum absolute atomic E-state index is 12.0.